The van der Waals surface area contributed by atoms with Crippen LogP contribution >= 0.6 is 0 Å². The fourth-order valence-corrected chi connectivity index (χ4v) is 3.68. The first-order valence-electron chi connectivity index (χ1n) is 10.4. The monoisotopic (exact) mass is 439 g/mol. The molecule has 0 spiro atoms. The summed E-state index contributed by atoms with van der Waals surface area (Å²) < 4.78 is 15.7. The molecule has 0 aromatic heterocycles. The fourth-order valence-electron chi connectivity index (χ4n) is 3.68. The number of hydrogen-bond acceptors (Lipinski definition) is 6. The van der Waals surface area contributed by atoms with Crippen LogP contribution in [0.2, 0.25) is 0 Å². The van der Waals surface area contributed by atoms with Gasteiger partial charge in [-0.1, -0.05) is 6.07 Å². The topological polar surface area (TPSA) is 106 Å². The first kappa shape index (κ1) is 21.5. The summed E-state index contributed by atoms with van der Waals surface area (Å²) in [6.45, 7) is 2.37. The van der Waals surface area contributed by atoms with Crippen molar-refractivity contribution in [1.29, 1.82) is 0 Å². The van der Waals surface area contributed by atoms with Crippen molar-refractivity contribution >= 4 is 23.4 Å². The van der Waals surface area contributed by atoms with Crippen molar-refractivity contribution in [3.8, 4) is 17.2 Å². The summed E-state index contributed by atoms with van der Waals surface area (Å²) in [5.74, 6) is 0.729. The Bertz CT molecular complexity index is 1020. The molecule has 168 valence electrons. The van der Waals surface area contributed by atoms with Gasteiger partial charge in [0.2, 0.25) is 24.5 Å². The predicted octanol–water partition coefficient (Wildman–Crippen LogP) is 1.60. The number of nitrogens with one attached hydrogen (secondary N) is 2. The van der Waals surface area contributed by atoms with Crippen LogP contribution in [0.25, 0.3) is 0 Å². The second-order valence-corrected chi connectivity index (χ2v) is 7.74. The number of anilines is 1. The molecule has 9 heteroatoms. The van der Waals surface area contributed by atoms with Gasteiger partial charge in [0.25, 0.3) is 0 Å². The van der Waals surface area contributed by atoms with Crippen LogP contribution in [0.1, 0.15) is 18.9 Å². The van der Waals surface area contributed by atoms with E-state index in [0.29, 0.717) is 29.5 Å². The van der Waals surface area contributed by atoms with Crippen molar-refractivity contribution in [2.45, 2.75) is 25.9 Å². The summed E-state index contributed by atoms with van der Waals surface area (Å²) in [7, 11) is 1.57. The van der Waals surface area contributed by atoms with Gasteiger partial charge < -0.3 is 29.7 Å². The third kappa shape index (κ3) is 4.61. The molecular formula is C23H25N3O6. The second kappa shape index (κ2) is 9.17. The highest BCUT2D eigenvalue weighted by Crippen LogP contribution is 2.32. The number of methoxy groups -OCH3 is 1. The van der Waals surface area contributed by atoms with Gasteiger partial charge in [-0.2, -0.15) is 0 Å². The fraction of sp³-hybridized carbons (Fsp3) is 0.348. The molecule has 2 aromatic rings. The zero-order chi connectivity index (χ0) is 22.7. The number of hydrogen-bond donors (Lipinski definition) is 2. The van der Waals surface area contributed by atoms with E-state index < -0.39 is 12.0 Å². The molecule has 3 amide bonds. The normalized spacial score (nSPS) is 17.8. The van der Waals surface area contributed by atoms with Crippen molar-refractivity contribution < 1.29 is 28.6 Å². The summed E-state index contributed by atoms with van der Waals surface area (Å²) in [6.07, 6.45) is 0.101. The minimum absolute atomic E-state index is 0.101. The minimum Gasteiger partial charge on any atom is -0.497 e. The number of benzene rings is 2. The molecule has 9 nitrogen and oxygen atoms in total. The zero-order valence-electron chi connectivity index (χ0n) is 17.9. The van der Waals surface area contributed by atoms with Gasteiger partial charge in [-0.15, -0.1) is 0 Å². The molecule has 1 saturated heterocycles. The number of carbonyl (C=O) groups excluding carboxylic acids is 3. The Morgan fingerprint density at radius 3 is 2.66 bits per heavy atom. The summed E-state index contributed by atoms with van der Waals surface area (Å²) in [5.41, 5.74) is 1.57. The van der Waals surface area contributed by atoms with Crippen LogP contribution in [0.4, 0.5) is 5.69 Å². The van der Waals surface area contributed by atoms with Crippen molar-refractivity contribution in [1.82, 2.24) is 10.6 Å². The maximum absolute atomic E-state index is 12.7. The number of ether oxygens (including phenoxy) is 3. The zero-order valence-corrected chi connectivity index (χ0v) is 17.9. The van der Waals surface area contributed by atoms with Crippen molar-refractivity contribution in [2.24, 2.45) is 5.92 Å². The van der Waals surface area contributed by atoms with E-state index in [1.807, 2.05) is 12.1 Å². The van der Waals surface area contributed by atoms with Crippen molar-refractivity contribution in [3.63, 3.8) is 0 Å². The molecule has 1 fully saturated rings. The molecule has 2 N–H and O–H groups in total. The molecule has 0 aliphatic carbocycles. The largest absolute Gasteiger partial charge is 0.497 e. The predicted molar refractivity (Wildman–Crippen MR) is 115 cm³/mol. The maximum atomic E-state index is 12.7. The SMILES string of the molecule is COc1ccc(N2CC(C(=O)N[C@H](C)C(=O)NCc3ccc4c(c3)OCO4)CC2=O)cc1. The third-order valence-corrected chi connectivity index (χ3v) is 5.54. The Hall–Kier alpha value is -3.75. The first-order valence-corrected chi connectivity index (χ1v) is 10.4. The Balaban J connectivity index is 1.28. The van der Waals surface area contributed by atoms with Gasteiger partial charge in [0.1, 0.15) is 11.8 Å². The molecule has 2 aliphatic rings. The van der Waals surface area contributed by atoms with E-state index in [1.54, 1.807) is 49.3 Å². The van der Waals surface area contributed by atoms with Crippen LogP contribution in [0, 0.1) is 5.92 Å². The van der Waals surface area contributed by atoms with Gasteiger partial charge in [-0.3, -0.25) is 14.4 Å². The molecule has 32 heavy (non-hydrogen) atoms. The number of carbonyl (C=O) groups is 3. The van der Waals surface area contributed by atoms with E-state index in [0.717, 1.165) is 5.56 Å². The molecule has 4 rings (SSSR count). The second-order valence-electron chi connectivity index (χ2n) is 7.74. The molecule has 1 unspecified atom stereocenters. The smallest absolute Gasteiger partial charge is 0.242 e. The van der Waals surface area contributed by atoms with Crippen molar-refractivity contribution in [2.75, 3.05) is 25.3 Å². The van der Waals surface area contributed by atoms with Crippen LogP contribution in [-0.4, -0.2) is 44.2 Å². The van der Waals surface area contributed by atoms with Crippen LogP contribution < -0.4 is 29.7 Å². The maximum Gasteiger partial charge on any atom is 0.242 e. The molecular weight excluding hydrogens is 414 g/mol. The highest BCUT2D eigenvalue weighted by atomic mass is 16.7. The third-order valence-electron chi connectivity index (χ3n) is 5.54. The highest BCUT2D eigenvalue weighted by molar-refractivity contribution is 6.01. The van der Waals surface area contributed by atoms with Gasteiger partial charge in [0.05, 0.1) is 13.0 Å². The van der Waals surface area contributed by atoms with Gasteiger partial charge in [0.15, 0.2) is 11.5 Å². The number of amides is 3. The number of rotatable bonds is 7. The quantitative estimate of drug-likeness (QED) is 0.679. The van der Waals surface area contributed by atoms with Crippen LogP contribution in [0.15, 0.2) is 42.5 Å². The van der Waals surface area contributed by atoms with E-state index in [-0.39, 0.29) is 37.5 Å². The summed E-state index contributed by atoms with van der Waals surface area (Å²) in [5, 5.41) is 5.52. The lowest BCUT2D eigenvalue weighted by Gasteiger charge is -2.18. The van der Waals surface area contributed by atoms with E-state index in [4.69, 9.17) is 14.2 Å². The highest BCUT2D eigenvalue weighted by Gasteiger charge is 2.36. The number of fused-ring (bicyclic) bond motifs is 1. The molecule has 0 saturated carbocycles. The summed E-state index contributed by atoms with van der Waals surface area (Å²) in [4.78, 5) is 39.1. The van der Waals surface area contributed by atoms with Crippen LogP contribution in [0.5, 0.6) is 17.2 Å². The lowest BCUT2D eigenvalue weighted by atomic mass is 10.1. The average molecular weight is 439 g/mol. The summed E-state index contributed by atoms with van der Waals surface area (Å²) in [6, 6.07) is 11.8. The van der Waals surface area contributed by atoms with Gasteiger partial charge in [0, 0.05) is 25.2 Å². The number of nitrogens with zero attached hydrogens (tertiary/aromatic N) is 1. The Labute approximate surface area is 185 Å². The van der Waals surface area contributed by atoms with Crippen molar-refractivity contribution in [3.05, 3.63) is 48.0 Å². The molecule has 2 aliphatic heterocycles. The average Bonchev–Trinajstić information content (AvgIpc) is 3.43. The Kier molecular flexibility index (Phi) is 6.16. The molecule has 0 radical (unpaired) electrons. The Morgan fingerprint density at radius 1 is 1.16 bits per heavy atom. The van der Waals surface area contributed by atoms with E-state index in [1.165, 1.54) is 0 Å². The van der Waals surface area contributed by atoms with Crippen LogP contribution in [-0.2, 0) is 20.9 Å². The van der Waals surface area contributed by atoms with E-state index >= 15 is 0 Å². The first-order chi connectivity index (χ1) is 15.4. The minimum atomic E-state index is -0.735. The van der Waals surface area contributed by atoms with E-state index in [2.05, 4.69) is 10.6 Å². The molecule has 2 heterocycles. The standard InChI is InChI=1S/C23H25N3O6/c1-14(22(28)24-11-15-3-8-19-20(9-15)32-13-31-19)25-23(29)16-10-21(27)26(12-16)17-4-6-18(30-2)7-5-17/h3-9,14,16H,10-13H2,1-2H3,(H,24,28)(H,25,29)/t14-,16?/m1/s1. The Morgan fingerprint density at radius 2 is 1.91 bits per heavy atom. The van der Waals surface area contributed by atoms with Gasteiger partial charge >= 0.3 is 0 Å². The van der Waals surface area contributed by atoms with Gasteiger partial charge in [-0.25, -0.2) is 0 Å². The molecule has 2 aromatic carbocycles. The lowest BCUT2D eigenvalue weighted by Crippen LogP contribution is -2.46. The summed E-state index contributed by atoms with van der Waals surface area (Å²) >= 11 is 0. The van der Waals surface area contributed by atoms with E-state index in [9.17, 15) is 14.4 Å². The van der Waals surface area contributed by atoms with Gasteiger partial charge in [-0.05, 0) is 48.9 Å². The van der Waals surface area contributed by atoms with Crippen LogP contribution in [0.3, 0.4) is 0 Å². The molecule has 2 atom stereocenters. The molecule has 0 bridgehead atoms. The lowest BCUT2D eigenvalue weighted by molar-refractivity contribution is -0.131.